The number of nitrogens with zero attached hydrogens (tertiary/aromatic N) is 4. The minimum absolute atomic E-state index is 0.267. The Kier molecular flexibility index (Phi) is 5.20. The van der Waals surface area contributed by atoms with Crippen LogP contribution in [-0.2, 0) is 0 Å². The first-order chi connectivity index (χ1) is 15.2. The van der Waals surface area contributed by atoms with E-state index in [1.807, 2.05) is 43.3 Å². The summed E-state index contributed by atoms with van der Waals surface area (Å²) in [6.45, 7) is 1.87. The van der Waals surface area contributed by atoms with Crippen molar-refractivity contribution in [1.29, 1.82) is 0 Å². The van der Waals surface area contributed by atoms with E-state index in [2.05, 4.69) is 38.8 Å². The number of benzene rings is 2. The topological polar surface area (TPSA) is 72.7 Å². The van der Waals surface area contributed by atoms with Gasteiger partial charge in [-0.25, -0.2) is 4.68 Å². The zero-order valence-corrected chi connectivity index (χ0v) is 17.6. The standard InChI is InChI=1S/C25H25N5O/c1-17-24(25(31)27-20-10-6-3-7-11-20)28-29-30(17)23-14-15-26-22-13-12-19(16-21(22)23)18-8-4-2-5-9-18/h3,6-7,10-16,18H,2,4-5,8-9H2,1H3,(H,27,31). The van der Waals surface area contributed by atoms with Gasteiger partial charge in [-0.3, -0.25) is 9.78 Å². The van der Waals surface area contributed by atoms with Crippen molar-refractivity contribution >= 4 is 22.5 Å². The van der Waals surface area contributed by atoms with Crippen LogP contribution < -0.4 is 5.32 Å². The molecule has 1 N–H and O–H groups in total. The fraction of sp³-hybridized carbons (Fsp3) is 0.280. The summed E-state index contributed by atoms with van der Waals surface area (Å²) in [5, 5.41) is 12.4. The summed E-state index contributed by atoms with van der Waals surface area (Å²) in [5.74, 6) is 0.339. The number of nitrogens with one attached hydrogen (secondary N) is 1. The highest BCUT2D eigenvalue weighted by atomic mass is 16.2. The molecule has 2 heterocycles. The van der Waals surface area contributed by atoms with Gasteiger partial charge in [-0.15, -0.1) is 5.10 Å². The van der Waals surface area contributed by atoms with Crippen LogP contribution in [0.1, 0.15) is 59.8 Å². The molecule has 0 saturated heterocycles. The van der Waals surface area contributed by atoms with E-state index in [4.69, 9.17) is 0 Å². The van der Waals surface area contributed by atoms with Crippen LogP contribution in [0.3, 0.4) is 0 Å². The molecule has 0 bridgehead atoms. The normalized spacial score (nSPS) is 14.6. The first-order valence-corrected chi connectivity index (χ1v) is 10.9. The van der Waals surface area contributed by atoms with Crippen molar-refractivity contribution < 1.29 is 4.79 Å². The molecule has 0 atom stereocenters. The monoisotopic (exact) mass is 411 g/mol. The van der Waals surface area contributed by atoms with Crippen LogP contribution in [0.2, 0.25) is 0 Å². The van der Waals surface area contributed by atoms with Crippen LogP contribution in [0.25, 0.3) is 16.6 Å². The molecule has 0 aliphatic heterocycles. The summed E-state index contributed by atoms with van der Waals surface area (Å²) in [4.78, 5) is 17.3. The number of pyridine rings is 1. The smallest absolute Gasteiger partial charge is 0.278 e. The predicted molar refractivity (Wildman–Crippen MR) is 122 cm³/mol. The number of carbonyl (C=O) groups is 1. The molecule has 0 unspecified atom stereocenters. The lowest BCUT2D eigenvalue weighted by atomic mass is 9.83. The molecule has 2 aromatic heterocycles. The molecule has 1 aliphatic rings. The van der Waals surface area contributed by atoms with Gasteiger partial charge in [0.2, 0.25) is 0 Å². The average Bonchev–Trinajstić information content (AvgIpc) is 3.20. The summed E-state index contributed by atoms with van der Waals surface area (Å²) in [6.07, 6.45) is 8.20. The van der Waals surface area contributed by atoms with E-state index in [-0.39, 0.29) is 5.91 Å². The van der Waals surface area contributed by atoms with Gasteiger partial charge in [-0.05, 0) is 61.6 Å². The molecule has 1 fully saturated rings. The van der Waals surface area contributed by atoms with Crippen molar-refractivity contribution in [3.8, 4) is 5.69 Å². The number of anilines is 1. The van der Waals surface area contributed by atoms with Gasteiger partial charge in [0.05, 0.1) is 16.9 Å². The molecule has 5 rings (SSSR count). The number of amides is 1. The van der Waals surface area contributed by atoms with Crippen molar-refractivity contribution in [3.05, 3.63) is 77.7 Å². The molecule has 1 aliphatic carbocycles. The maximum atomic E-state index is 12.8. The summed E-state index contributed by atoms with van der Waals surface area (Å²) in [6, 6.07) is 17.9. The molecule has 1 amide bonds. The van der Waals surface area contributed by atoms with E-state index in [9.17, 15) is 4.79 Å². The molecule has 0 radical (unpaired) electrons. The molecule has 2 aromatic carbocycles. The van der Waals surface area contributed by atoms with Gasteiger partial charge in [0, 0.05) is 17.3 Å². The van der Waals surface area contributed by atoms with Gasteiger partial charge in [-0.1, -0.05) is 48.7 Å². The van der Waals surface area contributed by atoms with Crippen molar-refractivity contribution in [3.63, 3.8) is 0 Å². The third kappa shape index (κ3) is 3.81. The average molecular weight is 412 g/mol. The van der Waals surface area contributed by atoms with Gasteiger partial charge in [0.15, 0.2) is 5.69 Å². The second kappa shape index (κ2) is 8.30. The molecule has 4 aromatic rings. The largest absolute Gasteiger partial charge is 0.321 e. The number of aromatic nitrogens is 4. The third-order valence-electron chi connectivity index (χ3n) is 6.19. The Bertz CT molecular complexity index is 1230. The van der Waals surface area contributed by atoms with Gasteiger partial charge < -0.3 is 5.32 Å². The summed E-state index contributed by atoms with van der Waals surface area (Å²) in [7, 11) is 0. The molecule has 156 valence electrons. The van der Waals surface area contributed by atoms with E-state index < -0.39 is 0 Å². The fourth-order valence-corrected chi connectivity index (χ4v) is 4.50. The van der Waals surface area contributed by atoms with E-state index in [0.717, 1.165) is 22.3 Å². The molecule has 1 saturated carbocycles. The maximum absolute atomic E-state index is 12.8. The van der Waals surface area contributed by atoms with Crippen molar-refractivity contribution in [2.45, 2.75) is 44.9 Å². The second-order valence-electron chi connectivity index (χ2n) is 8.20. The molecule has 31 heavy (non-hydrogen) atoms. The Morgan fingerprint density at radius 3 is 2.65 bits per heavy atom. The number of hydrogen-bond donors (Lipinski definition) is 1. The number of para-hydroxylation sites is 1. The van der Waals surface area contributed by atoms with Gasteiger partial charge in [0.1, 0.15) is 0 Å². The lowest BCUT2D eigenvalue weighted by Gasteiger charge is -2.22. The third-order valence-corrected chi connectivity index (χ3v) is 6.19. The molecule has 0 spiro atoms. The van der Waals surface area contributed by atoms with Crippen molar-refractivity contribution in [1.82, 2.24) is 20.0 Å². The highest BCUT2D eigenvalue weighted by molar-refractivity contribution is 6.03. The van der Waals surface area contributed by atoms with Crippen LogP contribution in [0.5, 0.6) is 0 Å². The summed E-state index contributed by atoms with van der Waals surface area (Å²) >= 11 is 0. The predicted octanol–water partition coefficient (Wildman–Crippen LogP) is 5.42. The molecule has 6 heteroatoms. The first kappa shape index (κ1) is 19.4. The van der Waals surface area contributed by atoms with E-state index in [1.165, 1.54) is 37.7 Å². The quantitative estimate of drug-likeness (QED) is 0.486. The SMILES string of the molecule is Cc1c(C(=O)Nc2ccccc2)nnn1-c1ccnc2ccc(C3CCCCC3)cc12. The lowest BCUT2D eigenvalue weighted by Crippen LogP contribution is -2.14. The van der Waals surface area contributed by atoms with E-state index in [0.29, 0.717) is 17.3 Å². The van der Waals surface area contributed by atoms with Gasteiger partial charge in [-0.2, -0.15) is 0 Å². The number of rotatable bonds is 4. The van der Waals surface area contributed by atoms with Crippen molar-refractivity contribution in [2.75, 3.05) is 5.32 Å². The van der Waals surface area contributed by atoms with Crippen LogP contribution in [-0.4, -0.2) is 25.9 Å². The lowest BCUT2D eigenvalue weighted by molar-refractivity contribution is 0.102. The highest BCUT2D eigenvalue weighted by Crippen LogP contribution is 2.34. The molecular formula is C25H25N5O. The maximum Gasteiger partial charge on any atom is 0.278 e. The van der Waals surface area contributed by atoms with Crippen LogP contribution in [0.4, 0.5) is 5.69 Å². The Morgan fingerprint density at radius 1 is 1.03 bits per heavy atom. The van der Waals surface area contributed by atoms with Crippen LogP contribution >= 0.6 is 0 Å². The van der Waals surface area contributed by atoms with E-state index >= 15 is 0 Å². The van der Waals surface area contributed by atoms with Crippen LogP contribution in [0, 0.1) is 6.92 Å². The summed E-state index contributed by atoms with van der Waals surface area (Å²) in [5.41, 5.74) is 4.92. The Balaban J connectivity index is 1.51. The Morgan fingerprint density at radius 2 is 1.84 bits per heavy atom. The number of hydrogen-bond acceptors (Lipinski definition) is 4. The van der Waals surface area contributed by atoms with Gasteiger partial charge in [0.25, 0.3) is 5.91 Å². The minimum atomic E-state index is -0.267. The van der Waals surface area contributed by atoms with Crippen LogP contribution in [0.15, 0.2) is 60.8 Å². The van der Waals surface area contributed by atoms with E-state index in [1.54, 1.807) is 10.9 Å². The van der Waals surface area contributed by atoms with Crippen molar-refractivity contribution in [2.24, 2.45) is 0 Å². The zero-order valence-electron chi connectivity index (χ0n) is 17.6. The second-order valence-corrected chi connectivity index (χ2v) is 8.20. The summed E-state index contributed by atoms with van der Waals surface area (Å²) < 4.78 is 1.74. The Labute approximate surface area is 181 Å². The highest BCUT2D eigenvalue weighted by Gasteiger charge is 2.20. The minimum Gasteiger partial charge on any atom is -0.321 e. The molecule has 6 nitrogen and oxygen atoms in total. The zero-order chi connectivity index (χ0) is 21.2. The number of carbonyl (C=O) groups excluding carboxylic acids is 1. The number of fused-ring (bicyclic) bond motifs is 1. The fourth-order valence-electron chi connectivity index (χ4n) is 4.50. The molecular weight excluding hydrogens is 386 g/mol. The van der Waals surface area contributed by atoms with Gasteiger partial charge >= 0.3 is 0 Å². The Hall–Kier alpha value is -3.54. The first-order valence-electron chi connectivity index (χ1n) is 10.9.